The van der Waals surface area contributed by atoms with E-state index in [-0.39, 0.29) is 21.1 Å². The first kappa shape index (κ1) is 19.1. The van der Waals surface area contributed by atoms with Gasteiger partial charge in [0, 0.05) is 18.0 Å². The standard InChI is InChI=1S/C21H14N3OS.Pt/c26-19-8-2-1-6-17(19)15-12-16(14-22-13-15)18-7-5-10-21(24-18)25-20-9-3-4-11-23-20;/h1-11,13-14,26H;/q-1;+2/p-1. The third-order valence-corrected chi connectivity index (χ3v) is 4.06. The molecule has 0 radical (unpaired) electrons. The van der Waals surface area contributed by atoms with Crippen LogP contribution in [0.2, 0.25) is 0 Å². The van der Waals surface area contributed by atoms with Crippen molar-refractivity contribution in [3.8, 4) is 34.1 Å². The fourth-order valence-electron chi connectivity index (χ4n) is 2.49. The smallest absolute Gasteiger partial charge is 0.787 e. The maximum absolute atomic E-state index is 5.70. The molecule has 3 heterocycles. The Balaban J connectivity index is 0.00000210. The zero-order chi connectivity index (χ0) is 17.8. The summed E-state index contributed by atoms with van der Waals surface area (Å²) in [6.45, 7) is 0. The molecule has 27 heavy (non-hydrogen) atoms. The molecule has 0 saturated heterocycles. The van der Waals surface area contributed by atoms with Crippen molar-refractivity contribution in [2.75, 3.05) is 0 Å². The predicted octanol–water partition coefficient (Wildman–Crippen LogP) is 4.70. The van der Waals surface area contributed by atoms with Gasteiger partial charge in [-0.25, -0.2) is 9.88 Å². The summed E-state index contributed by atoms with van der Waals surface area (Å²) in [5.41, 5.74) is 3.26. The van der Waals surface area contributed by atoms with Crippen molar-refractivity contribution >= 4 is 12.6 Å². The first-order valence-corrected chi connectivity index (χ1v) is 8.40. The van der Waals surface area contributed by atoms with Crippen LogP contribution in [0.1, 0.15) is 0 Å². The Hall–Kier alpha value is -2.62. The number of pyridine rings is 3. The maximum atomic E-state index is 5.70. The summed E-state index contributed by atoms with van der Waals surface area (Å²) in [6.07, 6.45) is 5.15. The number of ether oxygens (including phenoxy) is 1. The second kappa shape index (κ2) is 8.85. The van der Waals surface area contributed by atoms with Gasteiger partial charge >= 0.3 is 21.1 Å². The van der Waals surface area contributed by atoms with Gasteiger partial charge < -0.3 is 22.3 Å². The van der Waals surface area contributed by atoms with Crippen LogP contribution in [-0.4, -0.2) is 15.0 Å². The van der Waals surface area contributed by atoms with E-state index in [1.165, 1.54) is 0 Å². The first-order valence-electron chi connectivity index (χ1n) is 8.00. The van der Waals surface area contributed by atoms with Crippen LogP contribution < -0.4 is 4.74 Å². The Morgan fingerprint density at radius 2 is 1.59 bits per heavy atom. The van der Waals surface area contributed by atoms with Gasteiger partial charge in [-0.2, -0.15) is 0 Å². The number of hydrogen-bond acceptors (Lipinski definition) is 5. The maximum Gasteiger partial charge on any atom is 2.00 e. The van der Waals surface area contributed by atoms with Gasteiger partial charge in [-0.1, -0.05) is 48.0 Å². The second-order valence-electron chi connectivity index (χ2n) is 5.49. The Kier molecular flexibility index (Phi) is 6.27. The predicted molar refractivity (Wildman–Crippen MR) is 102 cm³/mol. The Morgan fingerprint density at radius 3 is 2.41 bits per heavy atom. The van der Waals surface area contributed by atoms with Gasteiger partial charge in [-0.3, -0.25) is 4.98 Å². The van der Waals surface area contributed by atoms with E-state index in [9.17, 15) is 0 Å². The van der Waals surface area contributed by atoms with E-state index < -0.39 is 0 Å². The van der Waals surface area contributed by atoms with Gasteiger partial charge in [0.1, 0.15) is 0 Å². The second-order valence-corrected chi connectivity index (χ2v) is 5.93. The number of nitrogens with zero attached hydrogens (tertiary/aromatic N) is 3. The van der Waals surface area contributed by atoms with Gasteiger partial charge in [0.05, 0.1) is 0 Å². The van der Waals surface area contributed by atoms with Gasteiger partial charge in [0.15, 0.2) is 0 Å². The van der Waals surface area contributed by atoms with Crippen molar-refractivity contribution in [1.82, 2.24) is 15.0 Å². The van der Waals surface area contributed by atoms with E-state index in [1.54, 1.807) is 30.7 Å². The van der Waals surface area contributed by atoms with E-state index in [0.717, 1.165) is 27.3 Å². The molecule has 0 fully saturated rings. The minimum atomic E-state index is 0. The molecule has 0 spiro atoms. The van der Waals surface area contributed by atoms with E-state index in [2.05, 4.69) is 21.0 Å². The van der Waals surface area contributed by atoms with Crippen molar-refractivity contribution < 1.29 is 25.8 Å². The van der Waals surface area contributed by atoms with Crippen LogP contribution in [0.15, 0.2) is 84.1 Å². The number of benzene rings is 1. The molecule has 0 aliphatic heterocycles. The average Bonchev–Trinajstić information content (AvgIpc) is 2.69. The molecule has 1 aromatic carbocycles. The van der Waals surface area contributed by atoms with Gasteiger partial charge in [-0.15, -0.1) is 17.2 Å². The number of aromatic nitrogens is 3. The third-order valence-electron chi connectivity index (χ3n) is 3.70. The van der Waals surface area contributed by atoms with E-state index >= 15 is 0 Å². The largest absolute Gasteiger partial charge is 2.00 e. The van der Waals surface area contributed by atoms with Crippen molar-refractivity contribution in [2.24, 2.45) is 0 Å². The van der Waals surface area contributed by atoms with Crippen molar-refractivity contribution in [1.29, 1.82) is 0 Å². The van der Waals surface area contributed by atoms with Crippen LogP contribution in [0.25, 0.3) is 22.4 Å². The molecule has 0 atom stereocenters. The van der Waals surface area contributed by atoms with Crippen LogP contribution in [0, 0.1) is 6.07 Å². The molecule has 134 valence electrons. The molecular formula is C21H13N3OPtS. The molecular weight excluding hydrogens is 537 g/mol. The molecule has 0 aliphatic rings. The number of rotatable bonds is 4. The van der Waals surface area contributed by atoms with Crippen LogP contribution in [0.3, 0.4) is 0 Å². The van der Waals surface area contributed by atoms with Gasteiger partial charge in [0.2, 0.25) is 11.8 Å². The van der Waals surface area contributed by atoms with Crippen molar-refractivity contribution in [3.63, 3.8) is 0 Å². The quantitative estimate of drug-likeness (QED) is 0.273. The number of hydrogen-bond donors (Lipinski definition) is 0. The molecule has 0 unspecified atom stereocenters. The first-order chi connectivity index (χ1) is 12.8. The van der Waals surface area contributed by atoms with Gasteiger partial charge in [0.25, 0.3) is 0 Å². The normalized spacial score (nSPS) is 10.1. The van der Waals surface area contributed by atoms with E-state index in [1.807, 2.05) is 48.5 Å². The fourth-order valence-corrected chi connectivity index (χ4v) is 2.75. The molecule has 0 saturated carbocycles. The Bertz CT molecular complexity index is 1040. The summed E-state index contributed by atoms with van der Waals surface area (Å²) in [5.74, 6) is 0.955. The summed E-state index contributed by atoms with van der Waals surface area (Å²) in [6, 6.07) is 22.1. The summed E-state index contributed by atoms with van der Waals surface area (Å²) >= 11 is 5.40. The summed E-state index contributed by atoms with van der Waals surface area (Å²) in [5, 5.41) is 0. The Labute approximate surface area is 177 Å². The van der Waals surface area contributed by atoms with Crippen LogP contribution in [0.5, 0.6) is 11.8 Å². The van der Waals surface area contributed by atoms with Crippen LogP contribution in [0.4, 0.5) is 0 Å². The average molecular weight is 551 g/mol. The monoisotopic (exact) mass is 550 g/mol. The molecule has 4 rings (SSSR count). The molecule has 0 aliphatic carbocycles. The summed E-state index contributed by atoms with van der Waals surface area (Å²) < 4.78 is 5.70. The minimum absolute atomic E-state index is 0. The molecule has 0 N–H and O–H groups in total. The topological polar surface area (TPSA) is 47.9 Å². The van der Waals surface area contributed by atoms with Crippen LogP contribution >= 0.6 is 0 Å². The Morgan fingerprint density at radius 1 is 0.815 bits per heavy atom. The minimum Gasteiger partial charge on any atom is -0.787 e. The van der Waals surface area contributed by atoms with Crippen molar-refractivity contribution in [3.05, 3.63) is 85.3 Å². The third kappa shape index (κ3) is 4.57. The fraction of sp³-hybridized carbons (Fsp3) is 0. The SMILES string of the molecule is [Pt+2].[S-]c1ccccc1-c1[c-]c(-c2cccc(Oc3ccccn3)n2)cnc1. The van der Waals surface area contributed by atoms with Crippen molar-refractivity contribution in [2.45, 2.75) is 4.90 Å². The van der Waals surface area contributed by atoms with Crippen LogP contribution in [-0.2, 0) is 33.7 Å². The summed E-state index contributed by atoms with van der Waals surface area (Å²) in [7, 11) is 0. The zero-order valence-corrected chi connectivity index (χ0v) is 17.1. The molecule has 6 heteroatoms. The molecule has 0 bridgehead atoms. The van der Waals surface area contributed by atoms with E-state index in [0.29, 0.717) is 11.8 Å². The van der Waals surface area contributed by atoms with E-state index in [4.69, 9.17) is 17.4 Å². The molecule has 0 amide bonds. The molecule has 4 aromatic rings. The molecule has 3 aromatic heterocycles. The summed E-state index contributed by atoms with van der Waals surface area (Å²) in [4.78, 5) is 13.8. The van der Waals surface area contributed by atoms with Gasteiger partial charge in [-0.05, 0) is 24.5 Å². The molecule has 4 nitrogen and oxygen atoms in total. The zero-order valence-electron chi connectivity index (χ0n) is 14.0.